The van der Waals surface area contributed by atoms with Crippen LogP contribution in [-0.4, -0.2) is 32.9 Å². The number of nitrogens with one attached hydrogen (secondary N) is 1. The smallest absolute Gasteiger partial charge is 0.269 e. The average Bonchev–Trinajstić information content (AvgIpc) is 2.90. The molecule has 2 aromatic rings. The van der Waals surface area contributed by atoms with Crippen molar-refractivity contribution in [3.8, 4) is 0 Å². The third-order valence-corrected chi connectivity index (χ3v) is 3.95. The number of carbonyl (C=O) groups is 1. The molecule has 1 heterocycles. The topological polar surface area (TPSA) is 67.2 Å². The molecule has 124 valence electrons. The van der Waals surface area contributed by atoms with Crippen molar-refractivity contribution in [2.45, 2.75) is 45.3 Å². The predicted octanol–water partition coefficient (Wildman–Crippen LogP) is 2.27. The third kappa shape index (κ3) is 4.42. The first-order valence-corrected chi connectivity index (χ1v) is 7.95. The van der Waals surface area contributed by atoms with Crippen molar-refractivity contribution in [2.75, 3.05) is 0 Å². The highest BCUT2D eigenvalue weighted by molar-refractivity contribution is 5.92. The largest absolute Gasteiger partial charge is 0.391 e. The second-order valence-electron chi connectivity index (χ2n) is 6.25. The fraction of sp³-hybridized carbons (Fsp3) is 0.444. The first kappa shape index (κ1) is 17.2. The Hall–Kier alpha value is -2.14. The second-order valence-corrected chi connectivity index (χ2v) is 6.25. The van der Waals surface area contributed by atoms with Gasteiger partial charge in [0.15, 0.2) is 0 Å². The molecule has 2 N–H and O–H groups in total. The SMILES string of the molecule is CC(C)c1cc(C(=O)NC(C)C(O)Cc2ccccc2)n(C)n1. The van der Waals surface area contributed by atoms with E-state index >= 15 is 0 Å². The summed E-state index contributed by atoms with van der Waals surface area (Å²) < 4.78 is 1.58. The van der Waals surface area contributed by atoms with Gasteiger partial charge >= 0.3 is 0 Å². The molecule has 5 heteroatoms. The van der Waals surface area contributed by atoms with Gasteiger partial charge < -0.3 is 10.4 Å². The molecule has 0 fully saturated rings. The Labute approximate surface area is 137 Å². The fourth-order valence-electron chi connectivity index (χ4n) is 2.39. The van der Waals surface area contributed by atoms with Gasteiger partial charge in [-0.25, -0.2) is 0 Å². The maximum atomic E-state index is 12.4. The minimum absolute atomic E-state index is 0.216. The molecule has 23 heavy (non-hydrogen) atoms. The Morgan fingerprint density at radius 1 is 1.26 bits per heavy atom. The second kappa shape index (κ2) is 7.42. The minimum atomic E-state index is -0.640. The molecule has 2 atom stereocenters. The molecule has 1 aromatic carbocycles. The standard InChI is InChI=1S/C18H25N3O2/c1-12(2)15-11-16(21(4)20-15)18(23)19-13(3)17(22)10-14-8-6-5-7-9-14/h5-9,11-13,17,22H,10H2,1-4H3,(H,19,23). The quantitative estimate of drug-likeness (QED) is 0.859. The van der Waals surface area contributed by atoms with E-state index in [1.165, 1.54) is 0 Å². The van der Waals surface area contributed by atoms with Gasteiger partial charge in [-0.15, -0.1) is 0 Å². The predicted molar refractivity (Wildman–Crippen MR) is 90.4 cm³/mol. The van der Waals surface area contributed by atoms with E-state index in [9.17, 15) is 9.90 Å². The van der Waals surface area contributed by atoms with Crippen LogP contribution in [-0.2, 0) is 13.5 Å². The van der Waals surface area contributed by atoms with Gasteiger partial charge in [0.2, 0.25) is 0 Å². The zero-order valence-electron chi connectivity index (χ0n) is 14.2. The lowest BCUT2D eigenvalue weighted by atomic mass is 10.0. The van der Waals surface area contributed by atoms with E-state index in [1.54, 1.807) is 17.8 Å². The van der Waals surface area contributed by atoms with E-state index in [2.05, 4.69) is 10.4 Å². The molecular formula is C18H25N3O2. The lowest BCUT2D eigenvalue weighted by Crippen LogP contribution is -2.42. The van der Waals surface area contributed by atoms with Crippen LogP contribution in [0.2, 0.25) is 0 Å². The average molecular weight is 315 g/mol. The van der Waals surface area contributed by atoms with E-state index < -0.39 is 6.10 Å². The summed E-state index contributed by atoms with van der Waals surface area (Å²) in [7, 11) is 1.76. The molecule has 0 aliphatic heterocycles. The van der Waals surface area contributed by atoms with E-state index in [-0.39, 0.29) is 17.9 Å². The lowest BCUT2D eigenvalue weighted by Gasteiger charge is -2.20. The van der Waals surface area contributed by atoms with Gasteiger partial charge in [-0.2, -0.15) is 5.10 Å². The zero-order chi connectivity index (χ0) is 17.0. The molecule has 2 rings (SSSR count). The highest BCUT2D eigenvalue weighted by Gasteiger charge is 2.20. The molecule has 1 amide bonds. The van der Waals surface area contributed by atoms with E-state index in [0.717, 1.165) is 11.3 Å². The number of hydrogen-bond donors (Lipinski definition) is 2. The van der Waals surface area contributed by atoms with Crippen molar-refractivity contribution in [3.63, 3.8) is 0 Å². The van der Waals surface area contributed by atoms with Crippen molar-refractivity contribution in [3.05, 3.63) is 53.3 Å². The molecule has 0 bridgehead atoms. The summed E-state index contributed by atoms with van der Waals surface area (Å²) in [5.41, 5.74) is 2.44. The van der Waals surface area contributed by atoms with Crippen LogP contribution < -0.4 is 5.32 Å². The molecule has 0 saturated heterocycles. The van der Waals surface area contributed by atoms with Crippen molar-refractivity contribution in [1.82, 2.24) is 15.1 Å². The summed E-state index contributed by atoms with van der Waals surface area (Å²) in [6.45, 7) is 5.89. The highest BCUT2D eigenvalue weighted by atomic mass is 16.3. The third-order valence-electron chi connectivity index (χ3n) is 3.95. The molecule has 1 aromatic heterocycles. The first-order valence-electron chi connectivity index (χ1n) is 7.95. The molecule has 0 aliphatic carbocycles. The number of amides is 1. The lowest BCUT2D eigenvalue weighted by molar-refractivity contribution is 0.0843. The number of aryl methyl sites for hydroxylation is 1. The summed E-state index contributed by atoms with van der Waals surface area (Å²) in [5.74, 6) is 0.0513. The molecule has 0 aliphatic rings. The Morgan fingerprint density at radius 2 is 1.91 bits per heavy atom. The van der Waals surface area contributed by atoms with Gasteiger partial charge in [-0.05, 0) is 24.5 Å². The summed E-state index contributed by atoms with van der Waals surface area (Å²) in [6, 6.07) is 11.2. The van der Waals surface area contributed by atoms with Gasteiger partial charge in [-0.1, -0.05) is 44.2 Å². The van der Waals surface area contributed by atoms with Gasteiger partial charge in [0.1, 0.15) is 5.69 Å². The van der Waals surface area contributed by atoms with Gasteiger partial charge in [-0.3, -0.25) is 9.48 Å². The number of aliphatic hydroxyl groups excluding tert-OH is 1. The molecule has 2 unspecified atom stereocenters. The van der Waals surface area contributed by atoms with Gasteiger partial charge in [0.25, 0.3) is 5.91 Å². The normalized spacial score (nSPS) is 13.8. The molecule has 5 nitrogen and oxygen atoms in total. The summed E-state index contributed by atoms with van der Waals surface area (Å²) in [4.78, 5) is 12.4. The Balaban J connectivity index is 1.99. The Bertz CT molecular complexity index is 650. The number of benzene rings is 1. The van der Waals surface area contributed by atoms with Crippen LogP contribution in [0.1, 0.15) is 48.4 Å². The first-order chi connectivity index (χ1) is 10.9. The number of carbonyl (C=O) groups excluding carboxylic acids is 1. The van der Waals surface area contributed by atoms with Crippen molar-refractivity contribution in [1.29, 1.82) is 0 Å². The number of hydrogen-bond acceptors (Lipinski definition) is 3. The number of nitrogens with zero attached hydrogens (tertiary/aromatic N) is 2. The van der Waals surface area contributed by atoms with Crippen LogP contribution in [0.5, 0.6) is 0 Å². The van der Waals surface area contributed by atoms with Crippen LogP contribution in [0.25, 0.3) is 0 Å². The monoisotopic (exact) mass is 315 g/mol. The highest BCUT2D eigenvalue weighted by Crippen LogP contribution is 2.14. The van der Waals surface area contributed by atoms with E-state index in [4.69, 9.17) is 0 Å². The Morgan fingerprint density at radius 3 is 2.48 bits per heavy atom. The molecule has 0 radical (unpaired) electrons. The fourth-order valence-corrected chi connectivity index (χ4v) is 2.39. The number of rotatable bonds is 6. The zero-order valence-corrected chi connectivity index (χ0v) is 14.2. The van der Waals surface area contributed by atoms with Crippen LogP contribution in [0, 0.1) is 0 Å². The summed E-state index contributed by atoms with van der Waals surface area (Å²) in [6.07, 6.45) is -0.135. The number of aromatic nitrogens is 2. The van der Waals surface area contributed by atoms with Crippen molar-refractivity contribution >= 4 is 5.91 Å². The van der Waals surface area contributed by atoms with Crippen molar-refractivity contribution in [2.24, 2.45) is 7.05 Å². The molecule has 0 saturated carbocycles. The van der Waals surface area contributed by atoms with Crippen LogP contribution in [0.15, 0.2) is 36.4 Å². The van der Waals surface area contributed by atoms with Gasteiger partial charge in [0.05, 0.1) is 17.8 Å². The summed E-state index contributed by atoms with van der Waals surface area (Å²) in [5, 5.41) is 17.5. The van der Waals surface area contributed by atoms with Crippen LogP contribution in [0.3, 0.4) is 0 Å². The van der Waals surface area contributed by atoms with Crippen LogP contribution >= 0.6 is 0 Å². The molecular weight excluding hydrogens is 290 g/mol. The van der Waals surface area contributed by atoms with Crippen molar-refractivity contribution < 1.29 is 9.90 Å². The Kier molecular flexibility index (Phi) is 5.55. The maximum absolute atomic E-state index is 12.4. The summed E-state index contributed by atoms with van der Waals surface area (Å²) >= 11 is 0. The van der Waals surface area contributed by atoms with Crippen LogP contribution in [0.4, 0.5) is 0 Å². The van der Waals surface area contributed by atoms with Gasteiger partial charge in [0, 0.05) is 13.5 Å². The molecule has 0 spiro atoms. The maximum Gasteiger partial charge on any atom is 0.269 e. The number of aliphatic hydroxyl groups is 1. The minimum Gasteiger partial charge on any atom is -0.391 e. The van der Waals surface area contributed by atoms with E-state index in [1.807, 2.05) is 51.1 Å². The van der Waals surface area contributed by atoms with E-state index in [0.29, 0.717) is 12.1 Å².